The Labute approximate surface area is 98.5 Å². The van der Waals surface area contributed by atoms with Crippen LogP contribution in [0.4, 0.5) is 13.2 Å². The SMILES string of the molecule is C[C@H]1CO[C@@H](C2C=C(C(F)(F)F)C=CC2)CN1. The van der Waals surface area contributed by atoms with Crippen LogP contribution in [-0.4, -0.2) is 31.5 Å². The van der Waals surface area contributed by atoms with E-state index < -0.39 is 11.7 Å². The Morgan fingerprint density at radius 2 is 2.18 bits per heavy atom. The number of halogens is 3. The lowest BCUT2D eigenvalue weighted by Crippen LogP contribution is -2.47. The van der Waals surface area contributed by atoms with E-state index >= 15 is 0 Å². The Kier molecular flexibility index (Phi) is 3.58. The summed E-state index contributed by atoms with van der Waals surface area (Å²) in [4.78, 5) is 0. The number of allylic oxidation sites excluding steroid dienone is 3. The highest BCUT2D eigenvalue weighted by Crippen LogP contribution is 2.33. The second-order valence-corrected chi connectivity index (χ2v) is 4.60. The molecule has 1 unspecified atom stereocenters. The summed E-state index contributed by atoms with van der Waals surface area (Å²) in [5.41, 5.74) is -0.559. The number of hydrogen-bond donors (Lipinski definition) is 1. The van der Waals surface area contributed by atoms with E-state index in [0.717, 1.165) is 6.08 Å². The third-order valence-electron chi connectivity index (χ3n) is 3.13. The molecule has 96 valence electrons. The van der Waals surface area contributed by atoms with Gasteiger partial charge in [-0.1, -0.05) is 18.2 Å². The van der Waals surface area contributed by atoms with Crippen LogP contribution >= 0.6 is 0 Å². The fourth-order valence-electron chi connectivity index (χ4n) is 2.13. The lowest BCUT2D eigenvalue weighted by molar-refractivity contribution is -0.0898. The van der Waals surface area contributed by atoms with Crippen molar-refractivity contribution in [2.45, 2.75) is 31.7 Å². The van der Waals surface area contributed by atoms with E-state index in [-0.39, 0.29) is 18.1 Å². The molecule has 0 aromatic carbocycles. The zero-order valence-corrected chi connectivity index (χ0v) is 9.63. The van der Waals surface area contributed by atoms with Crippen LogP contribution in [-0.2, 0) is 4.74 Å². The maximum absolute atomic E-state index is 12.6. The smallest absolute Gasteiger partial charge is 0.375 e. The van der Waals surface area contributed by atoms with Crippen molar-refractivity contribution in [2.24, 2.45) is 5.92 Å². The average Bonchev–Trinajstić information content (AvgIpc) is 2.29. The Morgan fingerprint density at radius 3 is 2.76 bits per heavy atom. The number of hydrogen-bond acceptors (Lipinski definition) is 2. The van der Waals surface area contributed by atoms with Gasteiger partial charge in [0.1, 0.15) is 0 Å². The molecule has 3 atom stereocenters. The van der Waals surface area contributed by atoms with Gasteiger partial charge in [0, 0.05) is 18.5 Å². The molecule has 0 radical (unpaired) electrons. The minimum absolute atomic E-state index is 0.159. The van der Waals surface area contributed by atoms with Crippen LogP contribution in [0, 0.1) is 5.92 Å². The molecule has 1 aliphatic heterocycles. The first-order valence-electron chi connectivity index (χ1n) is 5.77. The zero-order valence-electron chi connectivity index (χ0n) is 9.63. The summed E-state index contributed by atoms with van der Waals surface area (Å²) in [6.07, 6.45) is 0.214. The van der Waals surface area contributed by atoms with Gasteiger partial charge in [0.05, 0.1) is 18.3 Å². The molecule has 2 nitrogen and oxygen atoms in total. The predicted octanol–water partition coefficient (Wildman–Crippen LogP) is 2.43. The Balaban J connectivity index is 2.03. The summed E-state index contributed by atoms with van der Waals surface area (Å²) in [5, 5.41) is 3.22. The number of morpholine rings is 1. The van der Waals surface area contributed by atoms with E-state index in [9.17, 15) is 13.2 Å². The molecule has 0 amide bonds. The summed E-state index contributed by atoms with van der Waals surface area (Å²) >= 11 is 0. The molecule has 17 heavy (non-hydrogen) atoms. The topological polar surface area (TPSA) is 21.3 Å². The zero-order chi connectivity index (χ0) is 12.5. The molecule has 1 saturated heterocycles. The highest BCUT2D eigenvalue weighted by molar-refractivity contribution is 5.28. The molecule has 0 bridgehead atoms. The van der Waals surface area contributed by atoms with E-state index in [1.54, 1.807) is 6.08 Å². The number of rotatable bonds is 1. The van der Waals surface area contributed by atoms with Gasteiger partial charge in [-0.15, -0.1) is 0 Å². The van der Waals surface area contributed by atoms with Gasteiger partial charge in [-0.2, -0.15) is 13.2 Å². The lowest BCUT2D eigenvalue weighted by atomic mass is 9.90. The molecule has 1 aliphatic carbocycles. The molecule has 0 saturated carbocycles. The van der Waals surface area contributed by atoms with Crippen molar-refractivity contribution >= 4 is 0 Å². The van der Waals surface area contributed by atoms with Crippen molar-refractivity contribution in [3.63, 3.8) is 0 Å². The first-order valence-corrected chi connectivity index (χ1v) is 5.77. The normalized spacial score (nSPS) is 34.6. The third kappa shape index (κ3) is 3.10. The van der Waals surface area contributed by atoms with E-state index in [1.807, 2.05) is 6.92 Å². The minimum atomic E-state index is -4.26. The van der Waals surface area contributed by atoms with Crippen LogP contribution < -0.4 is 5.32 Å². The summed E-state index contributed by atoms with van der Waals surface area (Å²) in [6.45, 7) is 3.16. The van der Waals surface area contributed by atoms with Crippen molar-refractivity contribution in [2.75, 3.05) is 13.2 Å². The monoisotopic (exact) mass is 247 g/mol. The van der Waals surface area contributed by atoms with Gasteiger partial charge in [-0.25, -0.2) is 0 Å². The fourth-order valence-corrected chi connectivity index (χ4v) is 2.13. The summed E-state index contributed by atoms with van der Waals surface area (Å²) < 4.78 is 43.3. The third-order valence-corrected chi connectivity index (χ3v) is 3.13. The van der Waals surface area contributed by atoms with Crippen LogP contribution in [0.1, 0.15) is 13.3 Å². The van der Waals surface area contributed by atoms with Crippen molar-refractivity contribution in [1.82, 2.24) is 5.32 Å². The van der Waals surface area contributed by atoms with Crippen LogP contribution in [0.5, 0.6) is 0 Å². The van der Waals surface area contributed by atoms with Crippen molar-refractivity contribution in [3.05, 3.63) is 23.8 Å². The van der Waals surface area contributed by atoms with Gasteiger partial charge in [0.2, 0.25) is 0 Å². The predicted molar refractivity (Wildman–Crippen MR) is 58.6 cm³/mol. The first kappa shape index (κ1) is 12.6. The largest absolute Gasteiger partial charge is 0.416 e. The highest BCUT2D eigenvalue weighted by atomic mass is 19.4. The van der Waals surface area contributed by atoms with Gasteiger partial charge in [0.15, 0.2) is 0 Å². The quantitative estimate of drug-likeness (QED) is 0.768. The van der Waals surface area contributed by atoms with E-state index in [2.05, 4.69) is 5.32 Å². The van der Waals surface area contributed by atoms with Crippen LogP contribution in [0.15, 0.2) is 23.8 Å². The molecule has 0 aromatic heterocycles. The van der Waals surface area contributed by atoms with Gasteiger partial charge in [-0.05, 0) is 13.3 Å². The van der Waals surface area contributed by atoms with Gasteiger partial charge < -0.3 is 10.1 Å². The van der Waals surface area contributed by atoms with Gasteiger partial charge in [-0.3, -0.25) is 0 Å². The van der Waals surface area contributed by atoms with Gasteiger partial charge in [0.25, 0.3) is 0 Å². The number of nitrogens with one attached hydrogen (secondary N) is 1. The molecule has 1 heterocycles. The maximum Gasteiger partial charge on any atom is 0.416 e. The second kappa shape index (κ2) is 4.82. The number of ether oxygens (including phenoxy) is 1. The molecule has 2 aliphatic rings. The van der Waals surface area contributed by atoms with Crippen LogP contribution in [0.2, 0.25) is 0 Å². The Bertz CT molecular complexity index is 327. The molecule has 1 N–H and O–H groups in total. The molecule has 2 rings (SSSR count). The molecular weight excluding hydrogens is 231 g/mol. The molecular formula is C12H16F3NO. The summed E-state index contributed by atoms with van der Waals surface area (Å²) in [6, 6.07) is 0.274. The maximum atomic E-state index is 12.6. The van der Waals surface area contributed by atoms with Crippen molar-refractivity contribution in [1.29, 1.82) is 0 Å². The Morgan fingerprint density at radius 1 is 1.41 bits per heavy atom. The number of alkyl halides is 3. The van der Waals surface area contributed by atoms with Crippen LogP contribution in [0.25, 0.3) is 0 Å². The molecule has 0 spiro atoms. The summed E-state index contributed by atoms with van der Waals surface area (Å²) in [5.74, 6) is -0.184. The van der Waals surface area contributed by atoms with E-state index in [0.29, 0.717) is 19.6 Å². The molecule has 0 aromatic rings. The highest BCUT2D eigenvalue weighted by Gasteiger charge is 2.35. The fraction of sp³-hybridized carbons (Fsp3) is 0.667. The van der Waals surface area contributed by atoms with Gasteiger partial charge >= 0.3 is 6.18 Å². The second-order valence-electron chi connectivity index (χ2n) is 4.60. The Hall–Kier alpha value is -0.810. The van der Waals surface area contributed by atoms with E-state index in [1.165, 1.54) is 6.08 Å². The van der Waals surface area contributed by atoms with Crippen molar-refractivity contribution in [3.8, 4) is 0 Å². The average molecular weight is 247 g/mol. The standard InChI is InChI=1S/C12H16F3NO/c1-8-7-17-11(6-16-8)9-3-2-4-10(5-9)12(13,14)15/h2,4-5,8-9,11,16H,3,6-7H2,1H3/t8-,9?,11+/m0/s1. The summed E-state index contributed by atoms with van der Waals surface area (Å²) in [7, 11) is 0. The first-order chi connectivity index (χ1) is 7.97. The molecule has 5 heteroatoms. The van der Waals surface area contributed by atoms with Crippen molar-refractivity contribution < 1.29 is 17.9 Å². The lowest BCUT2D eigenvalue weighted by Gasteiger charge is -2.33. The molecule has 1 fully saturated rings. The van der Waals surface area contributed by atoms with E-state index in [4.69, 9.17) is 4.74 Å². The minimum Gasteiger partial charge on any atom is -0.375 e. The van der Waals surface area contributed by atoms with Crippen LogP contribution in [0.3, 0.4) is 0 Å².